The SMILES string of the molecule is O=C(NC[C@@H]1CCCO1)c1ccc(N2C(=O)[C@@H]3[C@H](C2=O)[C@H]2C=C[C@H]3C2)cc1. The fourth-order valence-corrected chi connectivity index (χ4v) is 5.03. The Bertz CT molecular complexity index is 795. The molecule has 1 aromatic carbocycles. The van der Waals surface area contributed by atoms with Gasteiger partial charge in [0.05, 0.1) is 23.6 Å². The van der Waals surface area contributed by atoms with Crippen molar-refractivity contribution in [1.82, 2.24) is 5.32 Å². The van der Waals surface area contributed by atoms with Gasteiger partial charge in [-0.1, -0.05) is 12.2 Å². The first-order chi connectivity index (χ1) is 13.1. The van der Waals surface area contributed by atoms with E-state index in [1.54, 1.807) is 24.3 Å². The smallest absolute Gasteiger partial charge is 0.251 e. The molecule has 1 aromatic rings. The van der Waals surface area contributed by atoms with E-state index in [2.05, 4.69) is 17.5 Å². The lowest BCUT2D eigenvalue weighted by molar-refractivity contribution is -0.123. The molecule has 4 aliphatic rings. The Morgan fingerprint density at radius 1 is 1.07 bits per heavy atom. The monoisotopic (exact) mass is 366 g/mol. The van der Waals surface area contributed by atoms with E-state index in [4.69, 9.17) is 4.74 Å². The number of ether oxygens (including phenoxy) is 1. The average molecular weight is 366 g/mol. The number of carbonyl (C=O) groups is 3. The van der Waals surface area contributed by atoms with Crippen LogP contribution in [0.1, 0.15) is 29.6 Å². The predicted octanol–water partition coefficient (Wildman–Crippen LogP) is 1.91. The van der Waals surface area contributed by atoms with Crippen LogP contribution in [-0.2, 0) is 14.3 Å². The number of hydrogen-bond donors (Lipinski definition) is 1. The molecular weight excluding hydrogens is 344 g/mol. The number of amides is 3. The summed E-state index contributed by atoms with van der Waals surface area (Å²) in [5.74, 6) is -0.387. The maximum Gasteiger partial charge on any atom is 0.251 e. The second-order valence-electron chi connectivity index (χ2n) is 7.90. The minimum atomic E-state index is -0.207. The molecule has 2 aliphatic carbocycles. The second kappa shape index (κ2) is 6.30. The lowest BCUT2D eigenvalue weighted by atomic mass is 9.85. The zero-order chi connectivity index (χ0) is 18.5. The summed E-state index contributed by atoms with van der Waals surface area (Å²) in [6.45, 7) is 1.26. The summed E-state index contributed by atoms with van der Waals surface area (Å²) < 4.78 is 5.51. The second-order valence-corrected chi connectivity index (χ2v) is 7.90. The van der Waals surface area contributed by atoms with Crippen molar-refractivity contribution < 1.29 is 19.1 Å². The number of anilines is 1. The van der Waals surface area contributed by atoms with Gasteiger partial charge in [0, 0.05) is 18.7 Å². The van der Waals surface area contributed by atoms with Gasteiger partial charge in [0.25, 0.3) is 5.91 Å². The number of carbonyl (C=O) groups excluding carboxylic acids is 3. The summed E-state index contributed by atoms with van der Waals surface area (Å²) in [5, 5.41) is 2.88. The Morgan fingerprint density at radius 3 is 2.33 bits per heavy atom. The van der Waals surface area contributed by atoms with Gasteiger partial charge in [0.1, 0.15) is 0 Å². The molecule has 0 unspecified atom stereocenters. The van der Waals surface area contributed by atoms with E-state index in [1.807, 2.05) is 0 Å². The van der Waals surface area contributed by atoms with Crippen molar-refractivity contribution in [3.05, 3.63) is 42.0 Å². The maximum absolute atomic E-state index is 12.8. The van der Waals surface area contributed by atoms with Crippen molar-refractivity contribution >= 4 is 23.4 Å². The molecule has 6 heteroatoms. The number of nitrogens with zero attached hydrogens (tertiary/aromatic N) is 1. The average Bonchev–Trinajstić information content (AvgIpc) is 3.45. The number of benzene rings is 1. The van der Waals surface area contributed by atoms with Crippen LogP contribution >= 0.6 is 0 Å². The number of imide groups is 1. The first-order valence-corrected chi connectivity index (χ1v) is 9.69. The molecule has 27 heavy (non-hydrogen) atoms. The van der Waals surface area contributed by atoms with Gasteiger partial charge in [-0.05, 0) is 55.4 Å². The molecule has 5 atom stereocenters. The highest BCUT2D eigenvalue weighted by Crippen LogP contribution is 2.53. The van der Waals surface area contributed by atoms with Gasteiger partial charge in [-0.2, -0.15) is 0 Å². The fourth-order valence-electron chi connectivity index (χ4n) is 5.03. The highest BCUT2D eigenvalue weighted by atomic mass is 16.5. The topological polar surface area (TPSA) is 75.7 Å². The van der Waals surface area contributed by atoms with Crippen molar-refractivity contribution in [3.8, 4) is 0 Å². The van der Waals surface area contributed by atoms with E-state index in [0.29, 0.717) is 17.8 Å². The lowest BCUT2D eigenvalue weighted by Crippen LogP contribution is -2.33. The van der Waals surface area contributed by atoms with Crippen LogP contribution in [0.15, 0.2) is 36.4 Å². The van der Waals surface area contributed by atoms with Crippen LogP contribution in [0.2, 0.25) is 0 Å². The van der Waals surface area contributed by atoms with Crippen LogP contribution in [-0.4, -0.2) is 37.0 Å². The summed E-state index contributed by atoms with van der Waals surface area (Å²) in [7, 11) is 0. The Kier molecular flexibility index (Phi) is 3.90. The van der Waals surface area contributed by atoms with E-state index in [9.17, 15) is 14.4 Å². The quantitative estimate of drug-likeness (QED) is 0.652. The lowest BCUT2D eigenvalue weighted by Gasteiger charge is -2.17. The van der Waals surface area contributed by atoms with Crippen LogP contribution in [0.3, 0.4) is 0 Å². The summed E-state index contributed by atoms with van der Waals surface area (Å²) in [6, 6.07) is 6.71. The van der Waals surface area contributed by atoms with E-state index < -0.39 is 0 Å². The van der Waals surface area contributed by atoms with Gasteiger partial charge in [-0.3, -0.25) is 19.3 Å². The number of rotatable bonds is 4. The van der Waals surface area contributed by atoms with Crippen LogP contribution in [0.4, 0.5) is 5.69 Å². The van der Waals surface area contributed by atoms with Gasteiger partial charge in [0.15, 0.2) is 0 Å². The molecule has 6 nitrogen and oxygen atoms in total. The molecule has 5 rings (SSSR count). The molecule has 2 bridgehead atoms. The van der Waals surface area contributed by atoms with Gasteiger partial charge in [0.2, 0.25) is 11.8 Å². The zero-order valence-electron chi connectivity index (χ0n) is 15.0. The van der Waals surface area contributed by atoms with Crippen molar-refractivity contribution in [2.75, 3.05) is 18.1 Å². The molecule has 3 fully saturated rings. The Hall–Kier alpha value is -2.47. The van der Waals surface area contributed by atoms with Gasteiger partial charge in [-0.15, -0.1) is 0 Å². The minimum Gasteiger partial charge on any atom is -0.376 e. The molecule has 2 saturated heterocycles. The largest absolute Gasteiger partial charge is 0.376 e. The highest BCUT2D eigenvalue weighted by molar-refractivity contribution is 6.22. The molecule has 1 N–H and O–H groups in total. The molecule has 0 radical (unpaired) electrons. The van der Waals surface area contributed by atoms with E-state index >= 15 is 0 Å². The molecule has 1 saturated carbocycles. The van der Waals surface area contributed by atoms with Crippen LogP contribution in [0.25, 0.3) is 0 Å². The van der Waals surface area contributed by atoms with Crippen molar-refractivity contribution in [2.24, 2.45) is 23.7 Å². The van der Waals surface area contributed by atoms with Crippen LogP contribution in [0, 0.1) is 23.7 Å². The number of hydrogen-bond acceptors (Lipinski definition) is 4. The van der Waals surface area contributed by atoms with Gasteiger partial charge in [-0.25, -0.2) is 0 Å². The zero-order valence-corrected chi connectivity index (χ0v) is 15.0. The molecule has 0 aromatic heterocycles. The van der Waals surface area contributed by atoms with Crippen LogP contribution in [0.5, 0.6) is 0 Å². The Morgan fingerprint density at radius 2 is 1.74 bits per heavy atom. The van der Waals surface area contributed by atoms with Crippen LogP contribution < -0.4 is 10.2 Å². The molecule has 0 spiro atoms. The van der Waals surface area contributed by atoms with Crippen molar-refractivity contribution in [2.45, 2.75) is 25.4 Å². The standard InChI is InChI=1S/C21H22N2O4/c24-19(22-11-16-2-1-9-27-16)12-5-7-15(8-6-12)23-20(25)17-13-3-4-14(10-13)18(17)21(23)26/h3-8,13-14,16-18H,1-2,9-11H2,(H,22,24)/t13-,14-,16-,17-,18+/m0/s1. The van der Waals surface area contributed by atoms with E-state index in [1.165, 1.54) is 4.90 Å². The summed E-state index contributed by atoms with van der Waals surface area (Å²) >= 11 is 0. The predicted molar refractivity (Wildman–Crippen MR) is 98.0 cm³/mol. The van der Waals surface area contributed by atoms with Gasteiger partial charge >= 0.3 is 0 Å². The Balaban J connectivity index is 1.28. The third-order valence-corrected chi connectivity index (χ3v) is 6.37. The van der Waals surface area contributed by atoms with Gasteiger partial charge < -0.3 is 10.1 Å². The minimum absolute atomic E-state index is 0.0939. The third kappa shape index (κ3) is 2.62. The number of allylic oxidation sites excluding steroid dienone is 2. The highest BCUT2D eigenvalue weighted by Gasteiger charge is 2.59. The Labute approximate surface area is 157 Å². The molecule has 140 valence electrons. The normalized spacial score (nSPS) is 33.8. The fraction of sp³-hybridized carbons (Fsp3) is 0.476. The van der Waals surface area contributed by atoms with Crippen molar-refractivity contribution in [3.63, 3.8) is 0 Å². The summed E-state index contributed by atoms with van der Waals surface area (Å²) in [5.41, 5.74) is 1.06. The van der Waals surface area contributed by atoms with E-state index in [-0.39, 0.29) is 47.5 Å². The third-order valence-electron chi connectivity index (χ3n) is 6.37. The number of fused-ring (bicyclic) bond motifs is 5. The molecule has 2 heterocycles. The molecule has 3 amide bonds. The summed E-state index contributed by atoms with van der Waals surface area (Å²) in [6.07, 6.45) is 7.19. The first kappa shape index (κ1) is 16.7. The number of nitrogens with one attached hydrogen (secondary N) is 1. The molecule has 2 aliphatic heterocycles. The molecular formula is C21H22N2O4. The van der Waals surface area contributed by atoms with Crippen molar-refractivity contribution in [1.29, 1.82) is 0 Å². The first-order valence-electron chi connectivity index (χ1n) is 9.69. The summed E-state index contributed by atoms with van der Waals surface area (Å²) in [4.78, 5) is 39.3. The van der Waals surface area contributed by atoms with E-state index in [0.717, 1.165) is 25.9 Å². The maximum atomic E-state index is 12.8.